The fraction of sp³-hybridized carbons (Fsp3) is 0.432. The van der Waals surface area contributed by atoms with E-state index in [2.05, 4.69) is 5.32 Å². The SMILES string of the molecule is COC(=O)[C@@]1(O[C@H]2[C@@H](O)[C@@H](COCc3ccccc3)O[C@@H](O[C@H]3[C@H](OCc4ccccc4)[C@@H](OCc4ccccc4)[C@H](OCc4ccccc4)O[C@@H]3COCc3ccccc3)[C@@H]2OCc2ccccc2)C[C@H](OC(C)=O)[C@@H](NC(C)=O)[C@H]([C@H](OC(C)=O)[C@@H](COC(C)=O)OC(C)=O)O1. The van der Waals surface area contributed by atoms with Crippen molar-refractivity contribution in [2.45, 2.75) is 178 Å². The molecule has 0 spiro atoms. The molecule has 3 fully saturated rings. The second kappa shape index (κ2) is 37.0. The fourth-order valence-electron chi connectivity index (χ4n) is 11.8. The van der Waals surface area contributed by atoms with E-state index in [9.17, 15) is 29.1 Å². The lowest BCUT2D eigenvalue weighted by atomic mass is 9.87. The number of nitrogens with one attached hydrogen (secondary N) is 1. The van der Waals surface area contributed by atoms with E-state index in [0.29, 0.717) is 5.56 Å². The average molecular weight is 1360 g/mol. The van der Waals surface area contributed by atoms with Gasteiger partial charge in [0.1, 0.15) is 67.6 Å². The molecule has 9 rings (SSSR count). The lowest BCUT2D eigenvalue weighted by Crippen LogP contribution is -2.72. The van der Waals surface area contributed by atoms with Crippen LogP contribution in [0.2, 0.25) is 0 Å². The van der Waals surface area contributed by atoms with Gasteiger partial charge in [0, 0.05) is 34.6 Å². The van der Waals surface area contributed by atoms with Gasteiger partial charge < -0.3 is 86.2 Å². The van der Waals surface area contributed by atoms with E-state index in [4.69, 9.17) is 75.8 Å². The Morgan fingerprint density at radius 2 is 0.929 bits per heavy atom. The third-order valence-electron chi connectivity index (χ3n) is 16.2. The number of benzene rings is 6. The van der Waals surface area contributed by atoms with Crippen LogP contribution in [-0.2, 0) is 144 Å². The largest absolute Gasteiger partial charge is 0.465 e. The summed E-state index contributed by atoms with van der Waals surface area (Å²) in [6.45, 7) is 4.13. The number of ether oxygens (including phenoxy) is 16. The van der Waals surface area contributed by atoms with Crippen LogP contribution >= 0.6 is 0 Å². The number of methoxy groups -OCH3 is 1. The third-order valence-corrected chi connectivity index (χ3v) is 16.2. The Balaban J connectivity index is 1.21. The highest BCUT2D eigenvalue weighted by Gasteiger charge is 2.63. The number of aliphatic hydroxyl groups excluding tert-OH is 1. The lowest BCUT2D eigenvalue weighted by Gasteiger charge is -2.52. The number of carbonyl (C=O) groups is 6. The second-order valence-electron chi connectivity index (χ2n) is 23.8. The third kappa shape index (κ3) is 21.3. The zero-order chi connectivity index (χ0) is 69.4. The molecule has 1 amide bonds. The predicted molar refractivity (Wildman–Crippen MR) is 347 cm³/mol. The normalized spacial score (nSPS) is 25.9. The first-order valence-corrected chi connectivity index (χ1v) is 32.3. The summed E-state index contributed by atoms with van der Waals surface area (Å²) < 4.78 is 105. The molecule has 0 saturated carbocycles. The van der Waals surface area contributed by atoms with E-state index in [0.717, 1.165) is 69.5 Å². The number of esters is 5. The molecule has 0 aromatic heterocycles. The summed E-state index contributed by atoms with van der Waals surface area (Å²) in [5, 5.41) is 15.9. The maximum absolute atomic E-state index is 15.3. The van der Waals surface area contributed by atoms with Crippen LogP contribution in [0.3, 0.4) is 0 Å². The summed E-state index contributed by atoms with van der Waals surface area (Å²) in [7, 11) is 1.01. The average Bonchev–Trinajstić information content (AvgIpc) is 0.730. The lowest BCUT2D eigenvalue weighted by molar-refractivity contribution is -0.395. The molecule has 24 heteroatoms. The van der Waals surface area contributed by atoms with Gasteiger partial charge in [-0.25, -0.2) is 4.79 Å². The van der Waals surface area contributed by atoms with Crippen LogP contribution < -0.4 is 5.32 Å². The Hall–Kier alpha value is -8.34. The molecular weight excluding hydrogens is 1270 g/mol. The zero-order valence-corrected chi connectivity index (χ0v) is 55.5. The quantitative estimate of drug-likeness (QED) is 0.0298. The van der Waals surface area contributed by atoms with Crippen molar-refractivity contribution in [1.82, 2.24) is 5.32 Å². The molecule has 6 aromatic carbocycles. The first-order chi connectivity index (χ1) is 47.4. The van der Waals surface area contributed by atoms with Gasteiger partial charge >= 0.3 is 29.8 Å². The Kier molecular flexibility index (Phi) is 27.9. The van der Waals surface area contributed by atoms with Crippen LogP contribution in [0.25, 0.3) is 0 Å². The van der Waals surface area contributed by atoms with E-state index in [1.54, 1.807) is 24.3 Å². The summed E-state index contributed by atoms with van der Waals surface area (Å²) >= 11 is 0. The first kappa shape index (κ1) is 73.9. The molecular formula is C74H85NO23. The van der Waals surface area contributed by atoms with Gasteiger partial charge in [0.05, 0.1) is 72.4 Å². The maximum Gasteiger partial charge on any atom is 0.366 e. The van der Waals surface area contributed by atoms with E-state index in [-0.39, 0.29) is 52.9 Å². The van der Waals surface area contributed by atoms with Crippen LogP contribution in [-0.4, -0.2) is 165 Å². The Labute approximate surface area is 569 Å². The Morgan fingerprint density at radius 1 is 0.500 bits per heavy atom. The predicted octanol–water partition coefficient (Wildman–Crippen LogP) is 7.50. The van der Waals surface area contributed by atoms with Crippen molar-refractivity contribution in [2.24, 2.45) is 0 Å². The van der Waals surface area contributed by atoms with Crippen molar-refractivity contribution in [1.29, 1.82) is 0 Å². The molecule has 98 heavy (non-hydrogen) atoms. The van der Waals surface area contributed by atoms with Crippen molar-refractivity contribution in [3.63, 3.8) is 0 Å². The van der Waals surface area contributed by atoms with Gasteiger partial charge in [0.2, 0.25) is 5.91 Å². The van der Waals surface area contributed by atoms with Gasteiger partial charge in [-0.05, 0) is 33.4 Å². The number of hydrogen-bond donors (Lipinski definition) is 2. The Morgan fingerprint density at radius 3 is 1.37 bits per heavy atom. The molecule has 6 aromatic rings. The topological polar surface area (TPSA) is 282 Å². The molecule has 16 atom stereocenters. The molecule has 0 aliphatic carbocycles. The summed E-state index contributed by atoms with van der Waals surface area (Å²) in [5.74, 6) is -8.66. The molecule has 3 aliphatic heterocycles. The van der Waals surface area contributed by atoms with Crippen LogP contribution in [0.15, 0.2) is 182 Å². The van der Waals surface area contributed by atoms with Crippen LogP contribution in [0, 0.1) is 0 Å². The minimum atomic E-state index is -2.91. The van der Waals surface area contributed by atoms with E-state index in [1.807, 2.05) is 158 Å². The highest BCUT2D eigenvalue weighted by Crippen LogP contribution is 2.42. The summed E-state index contributed by atoms with van der Waals surface area (Å²) in [4.78, 5) is 80.7. The Bertz CT molecular complexity index is 3430. The minimum absolute atomic E-state index is 0.0100. The van der Waals surface area contributed by atoms with Crippen LogP contribution in [0.4, 0.5) is 0 Å². The number of carbonyl (C=O) groups excluding carboxylic acids is 6. The van der Waals surface area contributed by atoms with Crippen LogP contribution in [0.1, 0.15) is 74.4 Å². The van der Waals surface area contributed by atoms with Crippen molar-refractivity contribution >= 4 is 35.8 Å². The van der Waals surface area contributed by atoms with Gasteiger partial charge in [-0.2, -0.15) is 0 Å². The molecule has 3 heterocycles. The molecule has 0 unspecified atom stereocenters. The number of rotatable bonds is 33. The van der Waals surface area contributed by atoms with Crippen molar-refractivity contribution in [3.05, 3.63) is 215 Å². The monoisotopic (exact) mass is 1360 g/mol. The van der Waals surface area contributed by atoms with E-state index >= 15 is 4.79 Å². The minimum Gasteiger partial charge on any atom is -0.465 e. The van der Waals surface area contributed by atoms with Crippen LogP contribution in [0.5, 0.6) is 0 Å². The van der Waals surface area contributed by atoms with Gasteiger partial charge in [0.25, 0.3) is 5.79 Å². The summed E-state index contributed by atoms with van der Waals surface area (Å²) in [6.07, 6.45) is -22.5. The van der Waals surface area contributed by atoms with Crippen molar-refractivity contribution in [3.8, 4) is 0 Å². The van der Waals surface area contributed by atoms with E-state index < -0.39 is 146 Å². The first-order valence-electron chi connectivity index (χ1n) is 32.3. The number of aliphatic hydroxyl groups is 1. The van der Waals surface area contributed by atoms with E-state index in [1.165, 1.54) is 0 Å². The molecule has 3 saturated heterocycles. The van der Waals surface area contributed by atoms with Gasteiger partial charge in [-0.15, -0.1) is 0 Å². The van der Waals surface area contributed by atoms with Gasteiger partial charge in [-0.3, -0.25) is 24.0 Å². The number of hydrogen-bond acceptors (Lipinski definition) is 23. The van der Waals surface area contributed by atoms with Crippen molar-refractivity contribution in [2.75, 3.05) is 26.9 Å². The van der Waals surface area contributed by atoms with Gasteiger partial charge in [0.15, 0.2) is 24.8 Å². The number of amides is 1. The summed E-state index contributed by atoms with van der Waals surface area (Å²) in [5.41, 5.74) is 4.68. The standard InChI is InChI=1S/C74H85NO23/c1-47(76)75-62-58(91-49(3)78)37-74(73(82)83-6,97-66(62)64(93-51(5)80)61(92-50(4)79)46-86-48(2)77)98-67-63(81)59(44-84-38-52-25-13-7-14-26-52)94-72(69(67)88-41-55-31-19-10-20-32-55)96-65-60(45-85-39-53-27-15-8-16-28-53)95-71(90-43-57-35-23-12-24-36-57)70(89-42-56-33-21-11-22-34-56)68(65)87-40-54-29-17-9-18-30-54/h7-36,58-72,81H,37-46H2,1-6H3,(H,75,76)/t58-,59+,60+,61+,62+,63-,64+,65+,66+,67-,68-,69+,70+,71+,72-,74-/m0/s1. The highest BCUT2D eigenvalue weighted by atomic mass is 16.8. The second-order valence-corrected chi connectivity index (χ2v) is 23.8. The van der Waals surface area contributed by atoms with Crippen molar-refractivity contribution < 1.29 is 110 Å². The molecule has 2 N–H and O–H groups in total. The van der Waals surface area contributed by atoms with Gasteiger partial charge in [-0.1, -0.05) is 182 Å². The molecule has 24 nitrogen and oxygen atoms in total. The zero-order valence-electron chi connectivity index (χ0n) is 55.5. The summed E-state index contributed by atoms with van der Waals surface area (Å²) in [6, 6.07) is 54.7. The highest BCUT2D eigenvalue weighted by molar-refractivity contribution is 5.79. The molecule has 0 bridgehead atoms. The fourth-order valence-corrected chi connectivity index (χ4v) is 11.8. The smallest absolute Gasteiger partial charge is 0.366 e. The molecule has 524 valence electrons. The maximum atomic E-state index is 15.3. The molecule has 0 radical (unpaired) electrons. The molecule has 3 aliphatic rings.